The maximum Gasteiger partial charge on any atom is 0.291 e. The summed E-state index contributed by atoms with van der Waals surface area (Å²) in [6, 6.07) is 7.03. The zero-order valence-corrected chi connectivity index (χ0v) is 14.7. The average molecular weight is 392 g/mol. The van der Waals surface area contributed by atoms with Gasteiger partial charge in [0.1, 0.15) is 5.82 Å². The topological polar surface area (TPSA) is 85.8 Å². The van der Waals surface area contributed by atoms with Crippen molar-refractivity contribution in [2.45, 2.75) is 24.7 Å². The van der Waals surface area contributed by atoms with E-state index in [4.69, 9.17) is 17.3 Å². The number of halogens is 4. The van der Waals surface area contributed by atoms with E-state index >= 15 is 0 Å². The molecule has 1 aromatic heterocycles. The van der Waals surface area contributed by atoms with E-state index in [9.17, 15) is 13.6 Å². The van der Waals surface area contributed by atoms with Crippen LogP contribution in [0.5, 0.6) is 0 Å². The summed E-state index contributed by atoms with van der Waals surface area (Å²) in [7, 11) is 0. The summed E-state index contributed by atoms with van der Waals surface area (Å²) >= 11 is 6.18. The van der Waals surface area contributed by atoms with E-state index in [0.717, 1.165) is 12.8 Å². The largest absolute Gasteiger partial charge is 0.343 e. The van der Waals surface area contributed by atoms with E-state index in [2.05, 4.69) is 15.4 Å². The first-order valence-electron chi connectivity index (χ1n) is 7.49. The fourth-order valence-electron chi connectivity index (χ4n) is 2.19. The molecule has 0 saturated heterocycles. The molecule has 1 aliphatic rings. The summed E-state index contributed by atoms with van der Waals surface area (Å²) in [6.45, 7) is -1.70. The van der Waals surface area contributed by atoms with Gasteiger partial charge < -0.3 is 11.1 Å². The Labute approximate surface area is 154 Å². The smallest absolute Gasteiger partial charge is 0.291 e. The van der Waals surface area contributed by atoms with Crippen molar-refractivity contribution in [2.24, 2.45) is 5.73 Å². The standard InChI is InChI=1S/C15H16ClF2N5O.ClH/c16-10-3-1-2-4-11(10)23-13(9-5-6-9)21-12(22-23)14(24)20-8-15(17,18)7-19;/h1-4,9H,5-8,19H2,(H,20,24);1H. The molecule has 6 nitrogen and oxygen atoms in total. The molecule has 1 fully saturated rings. The van der Waals surface area contributed by atoms with Crippen molar-refractivity contribution < 1.29 is 13.6 Å². The van der Waals surface area contributed by atoms with Gasteiger partial charge in [0.25, 0.3) is 11.8 Å². The van der Waals surface area contributed by atoms with Crippen LogP contribution in [0.25, 0.3) is 5.69 Å². The third-order valence-corrected chi connectivity index (χ3v) is 3.98. The molecule has 136 valence electrons. The predicted octanol–water partition coefficient (Wildman–Crippen LogP) is 2.54. The van der Waals surface area contributed by atoms with Crippen LogP contribution in [0.15, 0.2) is 24.3 Å². The third kappa shape index (κ3) is 4.45. The number of hydrogen-bond acceptors (Lipinski definition) is 4. The first-order chi connectivity index (χ1) is 11.4. The summed E-state index contributed by atoms with van der Waals surface area (Å²) < 4.78 is 27.8. The van der Waals surface area contributed by atoms with E-state index in [0.29, 0.717) is 16.5 Å². The van der Waals surface area contributed by atoms with Crippen molar-refractivity contribution in [3.05, 3.63) is 40.9 Å². The van der Waals surface area contributed by atoms with E-state index in [-0.39, 0.29) is 24.1 Å². The Morgan fingerprint density at radius 3 is 2.68 bits per heavy atom. The van der Waals surface area contributed by atoms with Crippen molar-refractivity contribution in [1.29, 1.82) is 0 Å². The van der Waals surface area contributed by atoms with Crippen LogP contribution in [0.3, 0.4) is 0 Å². The molecule has 10 heteroatoms. The van der Waals surface area contributed by atoms with Crippen LogP contribution in [0.2, 0.25) is 5.02 Å². The van der Waals surface area contributed by atoms with Crippen LogP contribution in [-0.2, 0) is 0 Å². The summed E-state index contributed by atoms with van der Waals surface area (Å²) in [6.07, 6.45) is 1.88. The molecule has 0 spiro atoms. The predicted molar refractivity (Wildman–Crippen MR) is 91.9 cm³/mol. The molecular formula is C15H17Cl2F2N5O. The lowest BCUT2D eigenvalue weighted by Crippen LogP contribution is -2.41. The van der Waals surface area contributed by atoms with E-state index < -0.39 is 24.9 Å². The molecule has 0 bridgehead atoms. The van der Waals surface area contributed by atoms with Crippen molar-refractivity contribution in [1.82, 2.24) is 20.1 Å². The van der Waals surface area contributed by atoms with Crippen LogP contribution >= 0.6 is 24.0 Å². The number of alkyl halides is 2. The molecule has 3 N–H and O–H groups in total. The van der Waals surface area contributed by atoms with Gasteiger partial charge in [-0.3, -0.25) is 4.79 Å². The summed E-state index contributed by atoms with van der Waals surface area (Å²) in [5.74, 6) is -3.29. The first-order valence-corrected chi connectivity index (χ1v) is 7.87. The lowest BCUT2D eigenvalue weighted by molar-refractivity contribution is 0.0117. The van der Waals surface area contributed by atoms with E-state index in [1.54, 1.807) is 24.3 Å². The average Bonchev–Trinajstić information content (AvgIpc) is 3.32. The summed E-state index contributed by atoms with van der Waals surface area (Å²) in [5.41, 5.74) is 5.55. The van der Waals surface area contributed by atoms with Gasteiger partial charge in [0.2, 0.25) is 5.82 Å². The maximum atomic E-state index is 13.2. The molecular weight excluding hydrogens is 375 g/mol. The number of aromatic nitrogens is 3. The Balaban J connectivity index is 0.00000225. The van der Waals surface area contributed by atoms with Crippen molar-refractivity contribution >= 4 is 29.9 Å². The summed E-state index contributed by atoms with van der Waals surface area (Å²) in [5, 5.41) is 6.74. The zero-order chi connectivity index (χ0) is 17.3. The third-order valence-electron chi connectivity index (χ3n) is 3.66. The quantitative estimate of drug-likeness (QED) is 0.791. The zero-order valence-electron chi connectivity index (χ0n) is 13.1. The van der Waals surface area contributed by atoms with Gasteiger partial charge in [0.05, 0.1) is 23.8 Å². The minimum absolute atomic E-state index is 0. The second kappa shape index (κ2) is 7.63. The number of carbonyl (C=O) groups is 1. The fourth-order valence-corrected chi connectivity index (χ4v) is 2.40. The Kier molecular flexibility index (Phi) is 5.97. The number of benzene rings is 1. The molecule has 0 aliphatic heterocycles. The second-order valence-corrected chi connectivity index (χ2v) is 6.08. The number of amides is 1. The normalized spacial score (nSPS) is 14.1. The number of nitrogens with zero attached hydrogens (tertiary/aromatic N) is 3. The fraction of sp³-hybridized carbons (Fsp3) is 0.400. The van der Waals surface area contributed by atoms with Gasteiger partial charge >= 0.3 is 0 Å². The van der Waals surface area contributed by atoms with Gasteiger partial charge in [0, 0.05) is 5.92 Å². The van der Waals surface area contributed by atoms with Gasteiger partial charge in [-0.2, -0.15) is 0 Å². The monoisotopic (exact) mass is 391 g/mol. The number of nitrogens with two attached hydrogens (primary N) is 1. The van der Waals surface area contributed by atoms with Crippen LogP contribution in [0.1, 0.15) is 35.2 Å². The molecule has 3 rings (SSSR count). The molecule has 1 amide bonds. The molecule has 25 heavy (non-hydrogen) atoms. The lowest BCUT2D eigenvalue weighted by Gasteiger charge is -2.13. The highest BCUT2D eigenvalue weighted by atomic mass is 35.5. The highest BCUT2D eigenvalue weighted by molar-refractivity contribution is 6.32. The Morgan fingerprint density at radius 1 is 1.40 bits per heavy atom. The minimum atomic E-state index is -3.17. The highest BCUT2D eigenvalue weighted by Gasteiger charge is 2.33. The van der Waals surface area contributed by atoms with Crippen LogP contribution in [-0.4, -0.2) is 39.7 Å². The van der Waals surface area contributed by atoms with Crippen LogP contribution in [0, 0.1) is 0 Å². The Hall–Kier alpha value is -1.77. The molecule has 1 heterocycles. The van der Waals surface area contributed by atoms with Gasteiger partial charge in [0.15, 0.2) is 0 Å². The van der Waals surface area contributed by atoms with Crippen molar-refractivity contribution in [3.8, 4) is 5.69 Å². The molecule has 1 aliphatic carbocycles. The highest BCUT2D eigenvalue weighted by Crippen LogP contribution is 2.40. The molecule has 2 aromatic rings. The van der Waals surface area contributed by atoms with Crippen LogP contribution < -0.4 is 11.1 Å². The molecule has 0 atom stereocenters. The van der Waals surface area contributed by atoms with Gasteiger partial charge in [-0.05, 0) is 25.0 Å². The van der Waals surface area contributed by atoms with Gasteiger partial charge in [-0.1, -0.05) is 23.7 Å². The number of para-hydroxylation sites is 1. The number of rotatable bonds is 6. The number of hydrogen-bond donors (Lipinski definition) is 2. The number of carbonyl (C=O) groups excluding carboxylic acids is 1. The van der Waals surface area contributed by atoms with Gasteiger partial charge in [-0.15, -0.1) is 17.5 Å². The first kappa shape index (κ1) is 19.6. The lowest BCUT2D eigenvalue weighted by atomic mass is 10.3. The van der Waals surface area contributed by atoms with Gasteiger partial charge in [-0.25, -0.2) is 18.4 Å². The Bertz CT molecular complexity index is 764. The Morgan fingerprint density at radius 2 is 2.08 bits per heavy atom. The molecule has 1 aromatic carbocycles. The molecule has 1 saturated carbocycles. The molecule has 0 unspecified atom stereocenters. The SMILES string of the molecule is Cl.NCC(F)(F)CNC(=O)c1nc(C2CC2)n(-c2ccccc2Cl)n1. The maximum absolute atomic E-state index is 13.2. The minimum Gasteiger partial charge on any atom is -0.343 e. The summed E-state index contributed by atoms with van der Waals surface area (Å²) in [4.78, 5) is 16.3. The van der Waals surface area contributed by atoms with E-state index in [1.165, 1.54) is 4.68 Å². The van der Waals surface area contributed by atoms with E-state index in [1.807, 2.05) is 0 Å². The number of nitrogens with one attached hydrogen (secondary N) is 1. The second-order valence-electron chi connectivity index (χ2n) is 5.67. The van der Waals surface area contributed by atoms with Crippen molar-refractivity contribution in [2.75, 3.05) is 13.1 Å². The van der Waals surface area contributed by atoms with Crippen molar-refractivity contribution in [3.63, 3.8) is 0 Å². The molecule has 0 radical (unpaired) electrons. The van der Waals surface area contributed by atoms with Crippen LogP contribution in [0.4, 0.5) is 8.78 Å².